The molecule has 0 heterocycles. The van der Waals surface area contributed by atoms with E-state index in [2.05, 4.69) is 6.92 Å². The van der Waals surface area contributed by atoms with E-state index in [0.29, 0.717) is 0 Å². The molecule has 78 valence electrons. The second-order valence-electron chi connectivity index (χ2n) is 3.48. The van der Waals surface area contributed by atoms with E-state index < -0.39 is 0 Å². The predicted octanol–water partition coefficient (Wildman–Crippen LogP) is 2.95. The molecule has 1 unspecified atom stereocenters. The van der Waals surface area contributed by atoms with Crippen molar-refractivity contribution in [1.29, 1.82) is 0 Å². The van der Waals surface area contributed by atoms with Crippen LogP contribution in [0.1, 0.15) is 52.4 Å². The molecule has 0 aromatic carbocycles. The van der Waals surface area contributed by atoms with Crippen molar-refractivity contribution in [2.75, 3.05) is 6.61 Å². The first-order chi connectivity index (χ1) is 6.31. The lowest BCUT2D eigenvalue weighted by Gasteiger charge is -2.05. The summed E-state index contributed by atoms with van der Waals surface area (Å²) in [5, 5.41) is 0. The van der Waals surface area contributed by atoms with Gasteiger partial charge in [0.25, 0.3) is 0 Å². The van der Waals surface area contributed by atoms with Gasteiger partial charge < -0.3 is 9.53 Å². The van der Waals surface area contributed by atoms with Crippen LogP contribution in [0.25, 0.3) is 0 Å². The van der Waals surface area contributed by atoms with Gasteiger partial charge in [-0.2, -0.15) is 0 Å². The van der Waals surface area contributed by atoms with Crippen LogP contribution in [-0.4, -0.2) is 19.0 Å². The quantitative estimate of drug-likeness (QED) is 0.409. The van der Waals surface area contributed by atoms with Gasteiger partial charge in [0.2, 0.25) is 0 Å². The lowest BCUT2D eigenvalue weighted by atomic mass is 10.1. The summed E-state index contributed by atoms with van der Waals surface area (Å²) in [6, 6.07) is 0. The molecule has 0 aliphatic heterocycles. The van der Waals surface area contributed by atoms with E-state index >= 15 is 0 Å². The van der Waals surface area contributed by atoms with Gasteiger partial charge in [-0.1, -0.05) is 39.0 Å². The number of ether oxygens (including phenoxy) is 1. The van der Waals surface area contributed by atoms with Crippen molar-refractivity contribution in [3.05, 3.63) is 0 Å². The average Bonchev–Trinajstić information content (AvgIpc) is 2.16. The normalized spacial score (nSPS) is 12.8. The molecule has 0 amide bonds. The highest BCUT2D eigenvalue weighted by Gasteiger charge is 1.97. The fourth-order valence-corrected chi connectivity index (χ4v) is 1.19. The zero-order valence-corrected chi connectivity index (χ0v) is 8.92. The SMILES string of the molecule is CCCCCCCCOC(C)C=O. The Morgan fingerprint density at radius 2 is 1.77 bits per heavy atom. The van der Waals surface area contributed by atoms with Crippen molar-refractivity contribution in [2.24, 2.45) is 0 Å². The van der Waals surface area contributed by atoms with Crippen LogP contribution in [0.5, 0.6) is 0 Å². The van der Waals surface area contributed by atoms with Gasteiger partial charge in [0.1, 0.15) is 12.4 Å². The van der Waals surface area contributed by atoms with E-state index in [1.54, 1.807) is 6.92 Å². The molecule has 0 radical (unpaired) electrons. The van der Waals surface area contributed by atoms with E-state index in [-0.39, 0.29) is 6.10 Å². The molecule has 0 saturated carbocycles. The highest BCUT2D eigenvalue weighted by atomic mass is 16.5. The number of hydrogen-bond donors (Lipinski definition) is 0. The molecule has 0 bridgehead atoms. The minimum absolute atomic E-state index is 0.226. The molecule has 0 saturated heterocycles. The Hall–Kier alpha value is -0.370. The third-order valence-electron chi connectivity index (χ3n) is 2.07. The first kappa shape index (κ1) is 12.6. The third-order valence-corrected chi connectivity index (χ3v) is 2.07. The summed E-state index contributed by atoms with van der Waals surface area (Å²) in [5.74, 6) is 0. The standard InChI is InChI=1S/C11H22O2/c1-3-4-5-6-7-8-9-13-11(2)10-12/h10-11H,3-9H2,1-2H3. The molecule has 1 atom stereocenters. The van der Waals surface area contributed by atoms with Gasteiger partial charge in [0, 0.05) is 6.61 Å². The van der Waals surface area contributed by atoms with Gasteiger partial charge in [0.05, 0.1) is 0 Å². The van der Waals surface area contributed by atoms with Gasteiger partial charge in [0.15, 0.2) is 0 Å². The van der Waals surface area contributed by atoms with Gasteiger partial charge in [-0.25, -0.2) is 0 Å². The number of aldehydes is 1. The summed E-state index contributed by atoms with van der Waals surface area (Å²) < 4.78 is 5.23. The Kier molecular flexibility index (Phi) is 9.44. The molecule has 0 aromatic rings. The second-order valence-corrected chi connectivity index (χ2v) is 3.48. The summed E-state index contributed by atoms with van der Waals surface area (Å²) in [5.41, 5.74) is 0. The molecule has 2 nitrogen and oxygen atoms in total. The maximum Gasteiger partial charge on any atom is 0.148 e. The topological polar surface area (TPSA) is 26.3 Å². The van der Waals surface area contributed by atoms with E-state index in [1.165, 1.54) is 32.1 Å². The molecular formula is C11H22O2. The molecule has 2 heteroatoms. The fraction of sp³-hybridized carbons (Fsp3) is 0.909. The Balaban J connectivity index is 2.95. The van der Waals surface area contributed by atoms with Crippen LogP contribution in [0.2, 0.25) is 0 Å². The Bertz CT molecular complexity index is 113. The Morgan fingerprint density at radius 3 is 2.38 bits per heavy atom. The van der Waals surface area contributed by atoms with Crippen LogP contribution in [0.3, 0.4) is 0 Å². The lowest BCUT2D eigenvalue weighted by molar-refractivity contribution is -0.117. The Morgan fingerprint density at radius 1 is 1.15 bits per heavy atom. The van der Waals surface area contributed by atoms with Crippen LogP contribution in [0.4, 0.5) is 0 Å². The molecule has 0 N–H and O–H groups in total. The maximum atomic E-state index is 10.2. The van der Waals surface area contributed by atoms with Crippen LogP contribution in [-0.2, 0) is 9.53 Å². The molecule has 0 fully saturated rings. The first-order valence-corrected chi connectivity index (χ1v) is 5.38. The predicted molar refractivity (Wildman–Crippen MR) is 54.9 cm³/mol. The van der Waals surface area contributed by atoms with Crippen molar-refractivity contribution in [2.45, 2.75) is 58.5 Å². The van der Waals surface area contributed by atoms with Gasteiger partial charge in [-0.05, 0) is 13.3 Å². The third kappa shape index (κ3) is 9.54. The lowest BCUT2D eigenvalue weighted by Crippen LogP contribution is -2.09. The van der Waals surface area contributed by atoms with Crippen LogP contribution >= 0.6 is 0 Å². The smallest absolute Gasteiger partial charge is 0.148 e. The van der Waals surface area contributed by atoms with E-state index in [9.17, 15) is 4.79 Å². The summed E-state index contributed by atoms with van der Waals surface area (Å²) in [6.45, 7) is 4.73. The summed E-state index contributed by atoms with van der Waals surface area (Å²) >= 11 is 0. The second kappa shape index (κ2) is 9.72. The van der Waals surface area contributed by atoms with Crippen LogP contribution in [0, 0.1) is 0 Å². The number of carbonyl (C=O) groups excluding carboxylic acids is 1. The first-order valence-electron chi connectivity index (χ1n) is 5.38. The van der Waals surface area contributed by atoms with Gasteiger partial charge in [-0.3, -0.25) is 0 Å². The molecule has 0 spiro atoms. The average molecular weight is 186 g/mol. The zero-order chi connectivity index (χ0) is 9.94. The highest BCUT2D eigenvalue weighted by Crippen LogP contribution is 2.05. The fourth-order valence-electron chi connectivity index (χ4n) is 1.19. The molecule has 0 aliphatic rings. The molecule has 0 rings (SSSR count). The van der Waals surface area contributed by atoms with Crippen LogP contribution in [0.15, 0.2) is 0 Å². The molecule has 0 aromatic heterocycles. The largest absolute Gasteiger partial charge is 0.371 e. The van der Waals surface area contributed by atoms with Gasteiger partial charge in [-0.15, -0.1) is 0 Å². The number of carbonyl (C=O) groups is 1. The van der Waals surface area contributed by atoms with E-state index in [1.807, 2.05) is 0 Å². The monoisotopic (exact) mass is 186 g/mol. The molecule has 13 heavy (non-hydrogen) atoms. The number of unbranched alkanes of at least 4 members (excludes halogenated alkanes) is 5. The molecular weight excluding hydrogens is 164 g/mol. The van der Waals surface area contributed by atoms with Crippen molar-refractivity contribution >= 4 is 6.29 Å². The van der Waals surface area contributed by atoms with Crippen LogP contribution < -0.4 is 0 Å². The highest BCUT2D eigenvalue weighted by molar-refractivity contribution is 5.54. The summed E-state index contributed by atoms with van der Waals surface area (Å²) in [6.07, 6.45) is 8.19. The van der Waals surface area contributed by atoms with E-state index in [0.717, 1.165) is 19.3 Å². The minimum atomic E-state index is -0.226. The van der Waals surface area contributed by atoms with Gasteiger partial charge >= 0.3 is 0 Å². The van der Waals surface area contributed by atoms with Crippen molar-refractivity contribution in [3.8, 4) is 0 Å². The maximum absolute atomic E-state index is 10.2. The number of hydrogen-bond acceptors (Lipinski definition) is 2. The van der Waals surface area contributed by atoms with Crippen molar-refractivity contribution < 1.29 is 9.53 Å². The zero-order valence-electron chi connectivity index (χ0n) is 8.92. The molecule has 0 aliphatic carbocycles. The summed E-state index contributed by atoms with van der Waals surface area (Å²) in [7, 11) is 0. The van der Waals surface area contributed by atoms with Crippen molar-refractivity contribution in [1.82, 2.24) is 0 Å². The van der Waals surface area contributed by atoms with E-state index in [4.69, 9.17) is 4.74 Å². The van der Waals surface area contributed by atoms with Crippen molar-refractivity contribution in [3.63, 3.8) is 0 Å². The Labute approximate surface area is 81.7 Å². The minimum Gasteiger partial charge on any atom is -0.371 e. The summed E-state index contributed by atoms with van der Waals surface area (Å²) in [4.78, 5) is 10.2. The number of rotatable bonds is 9.